The minimum atomic E-state index is -1.11. The highest BCUT2D eigenvalue weighted by atomic mass is 16.6. The van der Waals surface area contributed by atoms with Crippen LogP contribution in [0, 0.1) is 30.3 Å². The number of fused-ring (bicyclic) bond motifs is 2. The van der Waals surface area contributed by atoms with Gasteiger partial charge in [0.15, 0.2) is 0 Å². The van der Waals surface area contributed by atoms with Gasteiger partial charge in [0, 0.05) is 6.07 Å². The summed E-state index contributed by atoms with van der Waals surface area (Å²) in [5, 5.41) is 35.1. The summed E-state index contributed by atoms with van der Waals surface area (Å²) in [5.41, 5.74) is -2.88. The largest absolute Gasteiger partial charge is 0.422 e. The molecule has 3 rings (SSSR count). The molecule has 0 amide bonds. The number of nitro benzene ring substituents is 3. The fourth-order valence-electron chi connectivity index (χ4n) is 2.55. The predicted octanol–water partition coefficient (Wildman–Crippen LogP) is 3.72. The summed E-state index contributed by atoms with van der Waals surface area (Å²) in [6, 6.07) is 10.9. The highest BCUT2D eigenvalue weighted by molar-refractivity contribution is 6.06. The molecule has 0 atom stereocenters. The van der Waals surface area contributed by atoms with E-state index in [2.05, 4.69) is 0 Å². The van der Waals surface area contributed by atoms with Crippen LogP contribution in [-0.2, 0) is 0 Å². The highest BCUT2D eigenvalue weighted by Gasteiger charge is 2.38. The first-order chi connectivity index (χ1) is 10.9. The molecular weight excluding hydrogens is 306 g/mol. The quantitative estimate of drug-likeness (QED) is 0.411. The number of hydrogen-bond donors (Lipinski definition) is 0. The van der Waals surface area contributed by atoms with Crippen molar-refractivity contribution in [2.24, 2.45) is 0 Å². The zero-order valence-corrected chi connectivity index (χ0v) is 11.3. The van der Waals surface area contributed by atoms with Crippen LogP contribution in [0.1, 0.15) is 0 Å². The zero-order valence-electron chi connectivity index (χ0n) is 11.3. The molecule has 0 heterocycles. The van der Waals surface area contributed by atoms with Gasteiger partial charge in [-0.05, 0) is 28.3 Å². The lowest BCUT2D eigenvalue weighted by Gasteiger charge is -2.04. The van der Waals surface area contributed by atoms with E-state index in [9.17, 15) is 30.3 Å². The monoisotopic (exact) mass is 313 g/mol. The molecule has 3 aromatic rings. The average Bonchev–Trinajstić information content (AvgIpc) is 2.50. The molecule has 0 saturated carbocycles. The molecule has 23 heavy (non-hydrogen) atoms. The lowest BCUT2D eigenvalue weighted by atomic mass is 10.0. The van der Waals surface area contributed by atoms with Gasteiger partial charge in [-0.25, -0.2) is 0 Å². The van der Waals surface area contributed by atoms with Crippen LogP contribution < -0.4 is 0 Å². The Kier molecular flexibility index (Phi) is 3.10. The van der Waals surface area contributed by atoms with E-state index in [1.807, 2.05) is 0 Å². The molecule has 9 nitrogen and oxygen atoms in total. The molecule has 0 aliphatic heterocycles. The Morgan fingerprint density at radius 2 is 1.22 bits per heavy atom. The van der Waals surface area contributed by atoms with Crippen LogP contribution in [0.5, 0.6) is 0 Å². The highest BCUT2D eigenvalue weighted by Crippen LogP contribution is 2.43. The molecule has 0 N–H and O–H groups in total. The average molecular weight is 313 g/mol. The molecule has 9 heteroatoms. The van der Waals surface area contributed by atoms with Crippen LogP contribution in [0.2, 0.25) is 0 Å². The fourth-order valence-corrected chi connectivity index (χ4v) is 2.55. The number of hydrogen-bond acceptors (Lipinski definition) is 6. The van der Waals surface area contributed by atoms with Crippen molar-refractivity contribution in [2.75, 3.05) is 0 Å². The lowest BCUT2D eigenvalue weighted by Crippen LogP contribution is -2.02. The van der Waals surface area contributed by atoms with Gasteiger partial charge in [0.1, 0.15) is 0 Å². The van der Waals surface area contributed by atoms with E-state index in [0.717, 1.165) is 11.5 Å². The molecular formula is C14H7N3O6. The van der Waals surface area contributed by atoms with Crippen molar-refractivity contribution in [2.45, 2.75) is 0 Å². The summed E-state index contributed by atoms with van der Waals surface area (Å²) >= 11 is 0. The van der Waals surface area contributed by atoms with Crippen molar-refractivity contribution in [3.8, 4) is 0 Å². The second-order valence-electron chi connectivity index (χ2n) is 4.78. The standard InChI is InChI=1S/C14H7N3O6/c18-15(19)12-7-10-5-8-3-1-2-4-9(8)6-11(10)13(16(20)21)14(12)17(22)23/h1-7H. The molecule has 114 valence electrons. The van der Waals surface area contributed by atoms with E-state index in [0.29, 0.717) is 5.39 Å². The van der Waals surface area contributed by atoms with Crippen LogP contribution in [0.25, 0.3) is 21.5 Å². The summed E-state index contributed by atoms with van der Waals surface area (Å²) in [6.45, 7) is 0. The number of nitrogens with zero attached hydrogens (tertiary/aromatic N) is 3. The van der Waals surface area contributed by atoms with E-state index in [1.54, 1.807) is 24.3 Å². The van der Waals surface area contributed by atoms with Crippen LogP contribution in [0.15, 0.2) is 42.5 Å². The van der Waals surface area contributed by atoms with E-state index >= 15 is 0 Å². The summed E-state index contributed by atoms with van der Waals surface area (Å²) in [6.07, 6.45) is 0. The number of rotatable bonds is 3. The molecule has 0 spiro atoms. The van der Waals surface area contributed by atoms with E-state index in [-0.39, 0.29) is 10.8 Å². The maximum absolute atomic E-state index is 11.3. The van der Waals surface area contributed by atoms with Gasteiger partial charge < -0.3 is 0 Å². The van der Waals surface area contributed by atoms with Gasteiger partial charge in [-0.1, -0.05) is 24.3 Å². The lowest BCUT2D eigenvalue weighted by molar-refractivity contribution is -0.440. The van der Waals surface area contributed by atoms with E-state index < -0.39 is 31.8 Å². The Bertz CT molecular complexity index is 1010. The number of nitro groups is 3. The van der Waals surface area contributed by atoms with Crippen LogP contribution >= 0.6 is 0 Å². The molecule has 0 aliphatic carbocycles. The molecule has 0 fully saturated rings. The molecule has 0 unspecified atom stereocenters. The molecule has 0 saturated heterocycles. The van der Waals surface area contributed by atoms with Gasteiger partial charge in [0.05, 0.1) is 20.2 Å². The predicted molar refractivity (Wildman–Crippen MR) is 81.4 cm³/mol. The van der Waals surface area contributed by atoms with Crippen molar-refractivity contribution < 1.29 is 14.8 Å². The second kappa shape index (κ2) is 4.98. The van der Waals surface area contributed by atoms with E-state index in [4.69, 9.17) is 0 Å². The van der Waals surface area contributed by atoms with Gasteiger partial charge in [-0.15, -0.1) is 0 Å². The van der Waals surface area contributed by atoms with Gasteiger partial charge in [-0.3, -0.25) is 30.3 Å². The first kappa shape index (κ1) is 14.3. The second-order valence-corrected chi connectivity index (χ2v) is 4.78. The third-order valence-corrected chi connectivity index (χ3v) is 3.49. The zero-order chi connectivity index (χ0) is 16.7. The Morgan fingerprint density at radius 3 is 1.74 bits per heavy atom. The van der Waals surface area contributed by atoms with E-state index in [1.165, 1.54) is 12.1 Å². The molecule has 3 aromatic carbocycles. The van der Waals surface area contributed by atoms with Crippen molar-refractivity contribution >= 4 is 38.6 Å². The third-order valence-electron chi connectivity index (χ3n) is 3.49. The summed E-state index contributed by atoms with van der Waals surface area (Å²) in [5.74, 6) is 0. The summed E-state index contributed by atoms with van der Waals surface area (Å²) in [7, 11) is 0. The molecule has 0 aliphatic rings. The van der Waals surface area contributed by atoms with Gasteiger partial charge in [0.25, 0.3) is 0 Å². The smallest absolute Gasteiger partial charge is 0.258 e. The van der Waals surface area contributed by atoms with Gasteiger partial charge in [0.2, 0.25) is 0 Å². The summed E-state index contributed by atoms with van der Waals surface area (Å²) < 4.78 is 0. The Morgan fingerprint density at radius 1 is 0.652 bits per heavy atom. The maximum atomic E-state index is 11.3. The van der Waals surface area contributed by atoms with Gasteiger partial charge >= 0.3 is 17.1 Å². The van der Waals surface area contributed by atoms with Crippen LogP contribution in [0.3, 0.4) is 0 Å². The first-order valence-corrected chi connectivity index (χ1v) is 6.33. The fraction of sp³-hybridized carbons (Fsp3) is 0. The third kappa shape index (κ3) is 2.20. The molecule has 0 aromatic heterocycles. The minimum absolute atomic E-state index is 0.00833. The van der Waals surface area contributed by atoms with Crippen LogP contribution in [0.4, 0.5) is 17.1 Å². The van der Waals surface area contributed by atoms with Crippen molar-refractivity contribution in [1.29, 1.82) is 0 Å². The summed E-state index contributed by atoms with van der Waals surface area (Å²) in [4.78, 5) is 30.5. The van der Waals surface area contributed by atoms with Crippen molar-refractivity contribution in [3.63, 3.8) is 0 Å². The Balaban J connectivity index is 2.58. The molecule has 0 bridgehead atoms. The van der Waals surface area contributed by atoms with Gasteiger partial charge in [-0.2, -0.15) is 0 Å². The normalized spacial score (nSPS) is 10.8. The maximum Gasteiger partial charge on any atom is 0.422 e. The van der Waals surface area contributed by atoms with Crippen LogP contribution in [-0.4, -0.2) is 14.8 Å². The van der Waals surface area contributed by atoms with Crippen molar-refractivity contribution in [1.82, 2.24) is 0 Å². The number of benzene rings is 3. The van der Waals surface area contributed by atoms with Crippen molar-refractivity contribution in [3.05, 3.63) is 72.8 Å². The SMILES string of the molecule is O=[N+]([O-])c1cc2cc3ccccc3cc2c([N+](=O)[O-])c1[N+](=O)[O-]. The Hall–Kier alpha value is -3.62. The minimum Gasteiger partial charge on any atom is -0.258 e. The Labute approximate surface area is 127 Å². The molecule has 0 radical (unpaired) electrons. The first-order valence-electron chi connectivity index (χ1n) is 6.33. The topological polar surface area (TPSA) is 129 Å².